The van der Waals surface area contributed by atoms with Gasteiger partial charge in [-0.15, -0.1) is 10.2 Å². The van der Waals surface area contributed by atoms with Crippen molar-refractivity contribution in [2.75, 3.05) is 11.1 Å². The van der Waals surface area contributed by atoms with Gasteiger partial charge in [-0.25, -0.2) is 0 Å². The first-order valence-corrected chi connectivity index (χ1v) is 12.4. The van der Waals surface area contributed by atoms with Gasteiger partial charge in [0, 0.05) is 11.3 Å². The predicted molar refractivity (Wildman–Crippen MR) is 137 cm³/mol. The number of hydrogen-bond donors (Lipinski definition) is 1. The molecule has 0 saturated carbocycles. The molecule has 2 aromatic carbocycles. The summed E-state index contributed by atoms with van der Waals surface area (Å²) in [6.45, 7) is 9.17. The number of aryl methyl sites for hydroxylation is 1. The highest BCUT2D eigenvalue weighted by atomic mass is 32.2. The summed E-state index contributed by atoms with van der Waals surface area (Å²) in [7, 11) is 0. The van der Waals surface area contributed by atoms with E-state index in [2.05, 4.69) is 67.5 Å². The van der Waals surface area contributed by atoms with Crippen molar-refractivity contribution >= 4 is 23.4 Å². The Balaban J connectivity index is 1.52. The number of furan rings is 1. The Kier molecular flexibility index (Phi) is 7.22. The van der Waals surface area contributed by atoms with Crippen molar-refractivity contribution < 1.29 is 9.21 Å². The Morgan fingerprint density at radius 1 is 1.03 bits per heavy atom. The lowest BCUT2D eigenvalue weighted by Crippen LogP contribution is -2.15. The predicted octanol–water partition coefficient (Wildman–Crippen LogP) is 6.18. The topological polar surface area (TPSA) is 73.0 Å². The molecule has 0 aliphatic rings. The molecular formula is C27H30N4O2S. The molecule has 4 aromatic rings. The maximum atomic E-state index is 12.6. The third-order valence-corrected chi connectivity index (χ3v) is 6.57. The van der Waals surface area contributed by atoms with E-state index < -0.39 is 0 Å². The van der Waals surface area contributed by atoms with Gasteiger partial charge in [0.05, 0.1) is 18.6 Å². The number of carbonyl (C=O) groups is 1. The van der Waals surface area contributed by atoms with Gasteiger partial charge >= 0.3 is 0 Å². The van der Waals surface area contributed by atoms with Crippen LogP contribution in [0.25, 0.3) is 11.4 Å². The second kappa shape index (κ2) is 10.3. The van der Waals surface area contributed by atoms with E-state index in [0.29, 0.717) is 11.7 Å². The van der Waals surface area contributed by atoms with Gasteiger partial charge in [0.1, 0.15) is 5.76 Å². The number of hydrogen-bond acceptors (Lipinski definition) is 5. The van der Waals surface area contributed by atoms with Crippen LogP contribution in [-0.4, -0.2) is 26.4 Å². The molecule has 0 unspecified atom stereocenters. The normalized spacial score (nSPS) is 11.5. The standard InChI is InChI=1S/C27H30N4O2S/c1-5-19-8-14-22(15-9-19)28-24(32)18-34-26-30-29-25(31(26)17-23-7-6-16-33-23)20-10-12-21(13-11-20)27(2,3)4/h6-16H,5,17-18H2,1-4H3,(H,28,32). The van der Waals surface area contributed by atoms with Gasteiger partial charge in [0.25, 0.3) is 0 Å². The van der Waals surface area contributed by atoms with E-state index in [1.165, 1.54) is 22.9 Å². The molecule has 1 N–H and O–H groups in total. The molecule has 1 amide bonds. The molecule has 176 valence electrons. The van der Waals surface area contributed by atoms with E-state index in [0.717, 1.165) is 29.3 Å². The van der Waals surface area contributed by atoms with Crippen molar-refractivity contribution in [1.29, 1.82) is 0 Å². The zero-order chi connectivity index (χ0) is 24.1. The number of carbonyl (C=O) groups excluding carboxylic acids is 1. The number of nitrogens with zero attached hydrogens (tertiary/aromatic N) is 3. The van der Waals surface area contributed by atoms with Crippen LogP contribution in [-0.2, 0) is 23.2 Å². The van der Waals surface area contributed by atoms with Crippen molar-refractivity contribution in [2.24, 2.45) is 0 Å². The zero-order valence-corrected chi connectivity index (χ0v) is 20.9. The number of anilines is 1. The number of rotatable bonds is 8. The first-order valence-electron chi connectivity index (χ1n) is 11.4. The minimum Gasteiger partial charge on any atom is -0.467 e. The Morgan fingerprint density at radius 2 is 1.76 bits per heavy atom. The van der Waals surface area contributed by atoms with Crippen molar-refractivity contribution in [3.05, 3.63) is 83.8 Å². The fourth-order valence-corrected chi connectivity index (χ4v) is 4.32. The van der Waals surface area contributed by atoms with Gasteiger partial charge in [0.15, 0.2) is 11.0 Å². The molecule has 34 heavy (non-hydrogen) atoms. The van der Waals surface area contributed by atoms with Crippen molar-refractivity contribution in [2.45, 2.75) is 51.2 Å². The molecule has 0 aliphatic carbocycles. The third kappa shape index (κ3) is 5.78. The first kappa shape index (κ1) is 23.8. The van der Waals surface area contributed by atoms with Crippen LogP contribution < -0.4 is 5.32 Å². The van der Waals surface area contributed by atoms with Gasteiger partial charge < -0.3 is 9.73 Å². The van der Waals surface area contributed by atoms with Crippen LogP contribution in [0.4, 0.5) is 5.69 Å². The molecule has 2 heterocycles. The van der Waals surface area contributed by atoms with Crippen LogP contribution in [0, 0.1) is 0 Å². The Morgan fingerprint density at radius 3 is 2.38 bits per heavy atom. The average molecular weight is 475 g/mol. The molecule has 7 heteroatoms. The van der Waals surface area contributed by atoms with Gasteiger partial charge in [0.2, 0.25) is 5.91 Å². The van der Waals surface area contributed by atoms with E-state index >= 15 is 0 Å². The summed E-state index contributed by atoms with van der Waals surface area (Å²) in [4.78, 5) is 12.6. The highest BCUT2D eigenvalue weighted by Gasteiger charge is 2.19. The Labute approximate surface area is 204 Å². The molecule has 0 atom stereocenters. The van der Waals surface area contributed by atoms with Crippen LogP contribution >= 0.6 is 11.8 Å². The molecule has 6 nitrogen and oxygen atoms in total. The number of thioether (sulfide) groups is 1. The number of nitrogens with one attached hydrogen (secondary N) is 1. The summed E-state index contributed by atoms with van der Waals surface area (Å²) < 4.78 is 7.57. The van der Waals surface area contributed by atoms with Crippen LogP contribution in [0.2, 0.25) is 0 Å². The first-order chi connectivity index (χ1) is 16.3. The molecule has 0 bridgehead atoms. The number of aromatic nitrogens is 3. The van der Waals surface area contributed by atoms with Crippen molar-refractivity contribution in [3.63, 3.8) is 0 Å². The summed E-state index contributed by atoms with van der Waals surface area (Å²) >= 11 is 1.36. The van der Waals surface area contributed by atoms with Gasteiger partial charge in [-0.1, -0.05) is 75.9 Å². The largest absolute Gasteiger partial charge is 0.467 e. The van der Waals surface area contributed by atoms with E-state index in [1.807, 2.05) is 41.0 Å². The lowest BCUT2D eigenvalue weighted by molar-refractivity contribution is -0.113. The number of amides is 1. The number of benzene rings is 2. The fraction of sp³-hybridized carbons (Fsp3) is 0.296. The Hall–Kier alpha value is -3.32. The van der Waals surface area contributed by atoms with Gasteiger partial charge in [-0.05, 0) is 47.2 Å². The van der Waals surface area contributed by atoms with Crippen molar-refractivity contribution in [1.82, 2.24) is 14.8 Å². The van der Waals surface area contributed by atoms with E-state index in [9.17, 15) is 4.79 Å². The second-order valence-electron chi connectivity index (χ2n) is 9.19. The van der Waals surface area contributed by atoms with E-state index in [1.54, 1.807) is 6.26 Å². The molecule has 4 rings (SSSR count). The molecule has 0 fully saturated rings. The maximum absolute atomic E-state index is 12.6. The van der Waals surface area contributed by atoms with Crippen LogP contribution in [0.3, 0.4) is 0 Å². The zero-order valence-electron chi connectivity index (χ0n) is 20.0. The molecule has 0 saturated heterocycles. The van der Waals surface area contributed by atoms with Crippen LogP contribution in [0.1, 0.15) is 44.6 Å². The molecule has 0 spiro atoms. The van der Waals surface area contributed by atoms with Gasteiger partial charge in [-0.2, -0.15) is 0 Å². The van der Waals surface area contributed by atoms with Crippen LogP contribution in [0.15, 0.2) is 76.5 Å². The summed E-state index contributed by atoms with van der Waals surface area (Å²) in [5.41, 5.74) is 4.33. The lowest BCUT2D eigenvalue weighted by Gasteiger charge is -2.19. The lowest BCUT2D eigenvalue weighted by atomic mass is 9.87. The highest BCUT2D eigenvalue weighted by Crippen LogP contribution is 2.28. The molecular weight excluding hydrogens is 444 g/mol. The minimum absolute atomic E-state index is 0.0750. The summed E-state index contributed by atoms with van der Waals surface area (Å²) in [5.74, 6) is 1.69. The summed E-state index contributed by atoms with van der Waals surface area (Å²) in [6.07, 6.45) is 2.62. The quantitative estimate of drug-likeness (QED) is 0.309. The molecule has 0 aliphatic heterocycles. The monoisotopic (exact) mass is 474 g/mol. The second-order valence-corrected chi connectivity index (χ2v) is 10.1. The van der Waals surface area contributed by atoms with Crippen LogP contribution in [0.5, 0.6) is 0 Å². The third-order valence-electron chi connectivity index (χ3n) is 5.60. The summed E-state index contributed by atoms with van der Waals surface area (Å²) in [5, 5.41) is 12.5. The highest BCUT2D eigenvalue weighted by molar-refractivity contribution is 7.99. The maximum Gasteiger partial charge on any atom is 0.234 e. The molecule has 0 radical (unpaired) electrons. The van der Waals surface area contributed by atoms with E-state index in [4.69, 9.17) is 4.42 Å². The molecule has 2 aromatic heterocycles. The summed E-state index contributed by atoms with van der Waals surface area (Å²) in [6, 6.07) is 20.1. The minimum atomic E-state index is -0.0853. The van der Waals surface area contributed by atoms with E-state index in [-0.39, 0.29) is 17.1 Å². The van der Waals surface area contributed by atoms with Crippen molar-refractivity contribution in [3.8, 4) is 11.4 Å². The van der Waals surface area contributed by atoms with Gasteiger partial charge in [-0.3, -0.25) is 9.36 Å². The average Bonchev–Trinajstić information content (AvgIpc) is 3.48. The SMILES string of the molecule is CCc1ccc(NC(=O)CSc2nnc(-c3ccc(C(C)(C)C)cc3)n2Cc2ccco2)cc1. The Bertz CT molecular complexity index is 1220. The fourth-order valence-electron chi connectivity index (χ4n) is 3.58. The smallest absolute Gasteiger partial charge is 0.234 e.